The summed E-state index contributed by atoms with van der Waals surface area (Å²) in [5, 5.41) is 11.0. The number of nitrogens with zero attached hydrogens (tertiary/aromatic N) is 4. The van der Waals surface area contributed by atoms with Crippen molar-refractivity contribution in [1.29, 1.82) is 0 Å². The number of anilines is 2. The van der Waals surface area contributed by atoms with Gasteiger partial charge in [0.2, 0.25) is 0 Å². The monoisotopic (exact) mass is 332 g/mol. The second-order valence-electron chi connectivity index (χ2n) is 6.80. The van der Waals surface area contributed by atoms with Gasteiger partial charge in [-0.2, -0.15) is 10.1 Å². The summed E-state index contributed by atoms with van der Waals surface area (Å²) in [5.74, 6) is 3.46. The smallest absolute Gasteiger partial charge is 0.284 e. The number of fused-ring (bicyclic) bond motifs is 1. The molecule has 5 rings (SSSR count). The van der Waals surface area contributed by atoms with E-state index in [9.17, 15) is 0 Å². The molecule has 1 saturated carbocycles. The van der Waals surface area contributed by atoms with Crippen molar-refractivity contribution in [2.45, 2.75) is 25.7 Å². The molecule has 1 aliphatic carbocycles. The van der Waals surface area contributed by atoms with E-state index in [-0.39, 0.29) is 0 Å². The number of aryl methyl sites for hydroxylation is 1. The van der Waals surface area contributed by atoms with Crippen LogP contribution in [0.5, 0.6) is 0 Å². The second kappa shape index (κ2) is 5.60. The lowest BCUT2D eigenvalue weighted by atomic mass is 10.2. The Bertz CT molecular complexity index is 885. The number of benzene rings is 1. The first-order valence-electron chi connectivity index (χ1n) is 8.66. The number of hydrogen-bond acceptors (Lipinski definition) is 5. The van der Waals surface area contributed by atoms with E-state index in [2.05, 4.69) is 73.8 Å². The number of aromatic nitrogens is 2. The second-order valence-corrected chi connectivity index (χ2v) is 6.80. The van der Waals surface area contributed by atoms with Gasteiger partial charge in [-0.1, -0.05) is 17.7 Å². The third-order valence-electron chi connectivity index (χ3n) is 4.80. The molecule has 6 nitrogen and oxygen atoms in total. The maximum absolute atomic E-state index is 4.50. The highest BCUT2D eigenvalue weighted by Gasteiger charge is 2.37. The van der Waals surface area contributed by atoms with E-state index in [1.807, 2.05) is 12.4 Å². The van der Waals surface area contributed by atoms with Gasteiger partial charge in [0.15, 0.2) is 12.0 Å². The van der Waals surface area contributed by atoms with Gasteiger partial charge in [-0.3, -0.25) is 10.4 Å². The van der Waals surface area contributed by atoms with Crippen molar-refractivity contribution in [3.8, 4) is 0 Å². The van der Waals surface area contributed by atoms with E-state index < -0.39 is 0 Å². The molecule has 1 aromatic carbocycles. The maximum atomic E-state index is 4.50. The molecule has 0 amide bonds. The molecule has 25 heavy (non-hydrogen) atoms. The molecular weight excluding hydrogens is 312 g/mol. The zero-order chi connectivity index (χ0) is 16.8. The maximum Gasteiger partial charge on any atom is 0.284 e. The molecule has 0 saturated heterocycles. The predicted molar refractivity (Wildman–Crippen MR) is 99.5 cm³/mol. The Morgan fingerprint density at radius 1 is 1.24 bits per heavy atom. The Balaban J connectivity index is 1.44. The SMILES string of the molecule is Cc1ccc(N2C=C(Nc3cc(C4CC4)[nH]n3)[N+]3C=CN=C3C2)cc1. The van der Waals surface area contributed by atoms with Crippen molar-refractivity contribution in [2.24, 2.45) is 4.99 Å². The number of aromatic amines is 1. The topological polar surface area (TPSA) is 62.2 Å². The molecule has 125 valence electrons. The fourth-order valence-electron chi connectivity index (χ4n) is 3.21. The quantitative estimate of drug-likeness (QED) is 0.844. The van der Waals surface area contributed by atoms with E-state index in [4.69, 9.17) is 0 Å². The molecule has 0 bridgehead atoms. The predicted octanol–water partition coefficient (Wildman–Crippen LogP) is 3.35. The van der Waals surface area contributed by atoms with E-state index in [1.165, 1.54) is 24.1 Å². The van der Waals surface area contributed by atoms with Crippen LogP contribution in [0.3, 0.4) is 0 Å². The lowest BCUT2D eigenvalue weighted by Gasteiger charge is -2.25. The highest BCUT2D eigenvalue weighted by Crippen LogP contribution is 2.39. The number of aliphatic imine (C=N–C) groups is 1. The number of H-pyrrole nitrogens is 1. The van der Waals surface area contributed by atoms with Crippen molar-refractivity contribution >= 4 is 17.3 Å². The lowest BCUT2D eigenvalue weighted by molar-refractivity contribution is 0.814. The Labute approximate surface area is 146 Å². The highest BCUT2D eigenvalue weighted by molar-refractivity contribution is 5.96. The molecule has 0 spiro atoms. The van der Waals surface area contributed by atoms with Gasteiger partial charge >= 0.3 is 0 Å². The van der Waals surface area contributed by atoms with E-state index >= 15 is 0 Å². The molecule has 2 N–H and O–H groups in total. The van der Waals surface area contributed by atoms with Crippen LogP contribution in [-0.4, -0.2) is 22.6 Å². The van der Waals surface area contributed by atoms with Gasteiger partial charge in [-0.25, -0.2) is 0 Å². The molecular formula is C19H20N6+. The Hall–Kier alpha value is -2.86. The third-order valence-corrected chi connectivity index (χ3v) is 4.80. The Morgan fingerprint density at radius 3 is 2.88 bits per heavy atom. The molecule has 2 aromatic rings. The minimum absolute atomic E-state index is 0.663. The minimum Gasteiger partial charge on any atom is -0.329 e. The van der Waals surface area contributed by atoms with Crippen LogP contribution in [0.1, 0.15) is 30.0 Å². The minimum atomic E-state index is 0.663. The largest absolute Gasteiger partial charge is 0.329 e. The van der Waals surface area contributed by atoms with Crippen LogP contribution in [0.25, 0.3) is 0 Å². The van der Waals surface area contributed by atoms with Gasteiger partial charge in [0.05, 0.1) is 12.4 Å². The number of nitrogens with one attached hydrogen (secondary N) is 2. The highest BCUT2D eigenvalue weighted by atomic mass is 15.4. The van der Waals surface area contributed by atoms with E-state index in [1.54, 1.807) is 0 Å². The fourth-order valence-corrected chi connectivity index (χ4v) is 3.21. The Kier molecular flexibility index (Phi) is 3.24. The first-order valence-corrected chi connectivity index (χ1v) is 8.66. The number of rotatable bonds is 4. The van der Waals surface area contributed by atoms with E-state index in [0.29, 0.717) is 5.92 Å². The van der Waals surface area contributed by atoms with Gasteiger partial charge in [0, 0.05) is 23.4 Å². The fraction of sp³-hybridized carbons (Fsp3) is 0.263. The van der Waals surface area contributed by atoms with Crippen molar-refractivity contribution in [2.75, 3.05) is 16.8 Å². The standard InChI is InChI=1S/C19H20N6/c1-13-2-6-15(7-3-13)24-11-18-20-8-9-25(18)19(12-24)21-17-10-16(22-23-17)14-4-5-14/h2-3,6-10,12,14H,4-5,11H2,1H3,(H2,21,22,23)/q+1. The summed E-state index contributed by atoms with van der Waals surface area (Å²) < 4.78 is 0. The summed E-state index contributed by atoms with van der Waals surface area (Å²) in [5.41, 5.74) is 3.63. The number of hydrogen-bond donors (Lipinski definition) is 2. The molecule has 6 heteroatoms. The van der Waals surface area contributed by atoms with Crippen LogP contribution < -0.4 is 15.1 Å². The Morgan fingerprint density at radius 2 is 2.08 bits per heavy atom. The summed E-state index contributed by atoms with van der Waals surface area (Å²) in [6.45, 7) is 2.85. The number of amidine groups is 1. The van der Waals surface area contributed by atoms with Crippen LogP contribution >= 0.6 is 0 Å². The van der Waals surface area contributed by atoms with Crippen molar-refractivity contribution in [3.63, 3.8) is 0 Å². The summed E-state index contributed by atoms with van der Waals surface area (Å²) in [6, 6.07) is 10.7. The lowest BCUT2D eigenvalue weighted by Crippen LogP contribution is -2.45. The molecule has 3 aliphatic rings. The van der Waals surface area contributed by atoms with Gasteiger partial charge in [0.1, 0.15) is 6.54 Å². The molecule has 1 fully saturated rings. The van der Waals surface area contributed by atoms with Crippen LogP contribution in [0.4, 0.5) is 11.5 Å². The van der Waals surface area contributed by atoms with Gasteiger partial charge in [-0.05, 0) is 36.8 Å². The first-order chi connectivity index (χ1) is 12.3. The van der Waals surface area contributed by atoms with E-state index in [0.717, 1.165) is 29.7 Å². The average molecular weight is 332 g/mol. The molecule has 0 unspecified atom stereocenters. The first kappa shape index (κ1) is 14.5. The molecule has 0 atom stereocenters. The van der Waals surface area contributed by atoms with Crippen molar-refractivity contribution in [1.82, 2.24) is 15.1 Å². The molecule has 2 aliphatic heterocycles. The summed E-state index contributed by atoms with van der Waals surface area (Å²) >= 11 is 0. The van der Waals surface area contributed by atoms with Crippen LogP contribution in [0, 0.1) is 6.92 Å². The van der Waals surface area contributed by atoms with Gasteiger partial charge in [-0.15, -0.1) is 0 Å². The average Bonchev–Trinajstić information content (AvgIpc) is 3.17. The zero-order valence-corrected chi connectivity index (χ0v) is 14.1. The molecule has 1 aromatic heterocycles. The van der Waals surface area contributed by atoms with Crippen molar-refractivity contribution in [3.05, 3.63) is 66.0 Å². The third kappa shape index (κ3) is 2.74. The van der Waals surface area contributed by atoms with Crippen LogP contribution in [0.15, 0.2) is 59.7 Å². The normalized spacial score (nSPS) is 19.6. The summed E-state index contributed by atoms with van der Waals surface area (Å²) in [7, 11) is 0. The summed E-state index contributed by atoms with van der Waals surface area (Å²) in [4.78, 5) is 8.78. The van der Waals surface area contributed by atoms with Gasteiger partial charge < -0.3 is 4.90 Å². The van der Waals surface area contributed by atoms with Crippen LogP contribution in [-0.2, 0) is 0 Å². The zero-order valence-electron chi connectivity index (χ0n) is 14.1. The van der Waals surface area contributed by atoms with Gasteiger partial charge in [0.25, 0.3) is 11.7 Å². The molecule has 1 radical (unpaired) electrons. The van der Waals surface area contributed by atoms with Crippen molar-refractivity contribution < 1.29 is 0 Å². The summed E-state index contributed by atoms with van der Waals surface area (Å²) in [6.07, 6.45) is 8.46. The van der Waals surface area contributed by atoms with Crippen LogP contribution in [0.2, 0.25) is 0 Å². The molecule has 3 heterocycles.